The molecule has 3 aromatic carbocycles. The molecule has 0 heterocycles. The van der Waals surface area contributed by atoms with Gasteiger partial charge in [-0.1, -0.05) is 48.4 Å². The summed E-state index contributed by atoms with van der Waals surface area (Å²) < 4.78 is 29.0. The molecule has 0 aliphatic rings. The van der Waals surface area contributed by atoms with Gasteiger partial charge in [-0.3, -0.25) is 0 Å². The van der Waals surface area contributed by atoms with Crippen LogP contribution in [-0.4, -0.2) is 28.4 Å². The number of methoxy groups -OCH3 is 4. The van der Waals surface area contributed by atoms with Crippen LogP contribution in [0.1, 0.15) is 22.8 Å². The number of rotatable bonds is 10. The molecule has 5 heteroatoms. The highest BCUT2D eigenvalue weighted by Gasteiger charge is 2.28. The number of terminal acetylenes is 2. The molecular weight excluding hydrogens is 428 g/mol. The minimum absolute atomic E-state index is 0.343. The van der Waals surface area contributed by atoms with Crippen molar-refractivity contribution in [3.05, 3.63) is 71.3 Å². The fourth-order valence-corrected chi connectivity index (χ4v) is 3.90. The van der Waals surface area contributed by atoms with Gasteiger partial charge in [0, 0.05) is 23.1 Å². The first kappa shape index (κ1) is 24.6. The van der Waals surface area contributed by atoms with E-state index in [4.69, 9.17) is 36.5 Å². The van der Waals surface area contributed by atoms with Gasteiger partial charge in [-0.05, 0) is 23.3 Å². The highest BCUT2D eigenvalue weighted by Crippen LogP contribution is 2.50. The van der Waals surface area contributed by atoms with Crippen LogP contribution in [0.25, 0.3) is 11.1 Å². The van der Waals surface area contributed by atoms with Crippen molar-refractivity contribution < 1.29 is 23.7 Å². The largest absolute Gasteiger partial charge is 0.493 e. The zero-order chi connectivity index (χ0) is 24.5. The SMILES string of the molecule is C#CCc1ccc(OC)c(OC)c1-c1c([C@@H](C#C)OCc2ccccc2)ccc(OC)c1OC. The molecule has 34 heavy (non-hydrogen) atoms. The number of hydrogen-bond acceptors (Lipinski definition) is 5. The Bertz CT molecular complexity index is 1200. The van der Waals surface area contributed by atoms with Gasteiger partial charge in [-0.15, -0.1) is 18.8 Å². The van der Waals surface area contributed by atoms with E-state index < -0.39 is 6.10 Å². The summed E-state index contributed by atoms with van der Waals surface area (Å²) in [5.41, 5.74) is 3.98. The second-order valence-corrected chi connectivity index (χ2v) is 7.32. The van der Waals surface area contributed by atoms with E-state index >= 15 is 0 Å². The van der Waals surface area contributed by atoms with Gasteiger partial charge in [-0.25, -0.2) is 0 Å². The van der Waals surface area contributed by atoms with Crippen molar-refractivity contribution in [2.75, 3.05) is 28.4 Å². The van der Waals surface area contributed by atoms with E-state index in [2.05, 4.69) is 11.8 Å². The fraction of sp³-hybridized carbons (Fsp3) is 0.241. The molecule has 0 bridgehead atoms. The van der Waals surface area contributed by atoms with E-state index in [0.717, 1.165) is 16.7 Å². The summed E-state index contributed by atoms with van der Waals surface area (Å²) in [5, 5.41) is 0. The lowest BCUT2D eigenvalue weighted by Gasteiger charge is -2.24. The zero-order valence-corrected chi connectivity index (χ0v) is 19.9. The van der Waals surface area contributed by atoms with E-state index in [1.54, 1.807) is 34.5 Å². The lowest BCUT2D eigenvalue weighted by molar-refractivity contribution is 0.0784. The van der Waals surface area contributed by atoms with E-state index in [-0.39, 0.29) is 0 Å². The Labute approximate surface area is 201 Å². The highest BCUT2D eigenvalue weighted by molar-refractivity contribution is 5.86. The Morgan fingerprint density at radius 3 is 1.91 bits per heavy atom. The molecule has 1 atom stereocenters. The molecule has 0 saturated carbocycles. The molecular formula is C29H28O5. The Balaban J connectivity index is 2.28. The summed E-state index contributed by atoms with van der Waals surface area (Å²) in [4.78, 5) is 0. The second-order valence-electron chi connectivity index (χ2n) is 7.32. The number of benzene rings is 3. The summed E-state index contributed by atoms with van der Waals surface area (Å²) in [5.74, 6) is 7.59. The third-order valence-electron chi connectivity index (χ3n) is 5.45. The fourth-order valence-electron chi connectivity index (χ4n) is 3.90. The van der Waals surface area contributed by atoms with Crippen LogP contribution in [0, 0.1) is 24.7 Å². The van der Waals surface area contributed by atoms with Crippen LogP contribution in [-0.2, 0) is 17.8 Å². The van der Waals surface area contributed by atoms with Crippen molar-refractivity contribution in [2.45, 2.75) is 19.1 Å². The van der Waals surface area contributed by atoms with Crippen LogP contribution >= 0.6 is 0 Å². The topological polar surface area (TPSA) is 46.2 Å². The molecule has 174 valence electrons. The smallest absolute Gasteiger partial charge is 0.169 e. The summed E-state index contributed by atoms with van der Waals surface area (Å²) in [6.07, 6.45) is 11.3. The Hall–Kier alpha value is -4.06. The summed E-state index contributed by atoms with van der Waals surface area (Å²) in [7, 11) is 6.32. The average Bonchev–Trinajstić information content (AvgIpc) is 2.89. The first-order valence-corrected chi connectivity index (χ1v) is 10.7. The third-order valence-corrected chi connectivity index (χ3v) is 5.45. The van der Waals surface area contributed by atoms with Crippen molar-refractivity contribution in [3.8, 4) is 58.8 Å². The van der Waals surface area contributed by atoms with Crippen LogP contribution in [0.2, 0.25) is 0 Å². The Morgan fingerprint density at radius 1 is 0.735 bits per heavy atom. The van der Waals surface area contributed by atoms with Crippen molar-refractivity contribution in [3.63, 3.8) is 0 Å². The van der Waals surface area contributed by atoms with Gasteiger partial charge in [0.2, 0.25) is 0 Å². The molecule has 5 nitrogen and oxygen atoms in total. The van der Waals surface area contributed by atoms with Gasteiger partial charge in [0.1, 0.15) is 6.10 Å². The van der Waals surface area contributed by atoms with Crippen molar-refractivity contribution in [1.82, 2.24) is 0 Å². The summed E-state index contributed by atoms with van der Waals surface area (Å²) in [6, 6.07) is 17.3. The Morgan fingerprint density at radius 2 is 1.35 bits per heavy atom. The zero-order valence-electron chi connectivity index (χ0n) is 19.9. The molecule has 0 aliphatic heterocycles. The number of hydrogen-bond donors (Lipinski definition) is 0. The molecule has 0 N–H and O–H groups in total. The molecule has 0 radical (unpaired) electrons. The first-order chi connectivity index (χ1) is 16.6. The van der Waals surface area contributed by atoms with E-state index in [9.17, 15) is 0 Å². The van der Waals surface area contributed by atoms with Gasteiger partial charge in [0.15, 0.2) is 23.0 Å². The number of ether oxygens (including phenoxy) is 5. The molecule has 0 aromatic heterocycles. The van der Waals surface area contributed by atoms with Gasteiger partial charge in [0.05, 0.1) is 35.0 Å². The standard InChI is InChI=1S/C29H28O5/c1-7-12-21-15-17-24(30-3)28(32-5)26(21)27-22(16-18-25(31-4)29(27)33-6)23(8-2)34-19-20-13-10-9-11-14-20/h1-2,9-11,13-18,23H,12,19H2,3-6H3/t23-/m1/s1. The molecule has 0 spiro atoms. The minimum atomic E-state index is -0.676. The summed E-state index contributed by atoms with van der Waals surface area (Å²) >= 11 is 0. The predicted octanol–water partition coefficient (Wildman–Crippen LogP) is 5.45. The highest BCUT2D eigenvalue weighted by atomic mass is 16.5. The van der Waals surface area contributed by atoms with E-state index in [1.807, 2.05) is 48.5 Å². The molecule has 0 amide bonds. The maximum atomic E-state index is 6.18. The quantitative estimate of drug-likeness (QED) is 0.380. The van der Waals surface area contributed by atoms with E-state index in [1.165, 1.54) is 0 Å². The lowest BCUT2D eigenvalue weighted by Crippen LogP contribution is -2.08. The van der Waals surface area contributed by atoms with Crippen molar-refractivity contribution >= 4 is 0 Å². The van der Waals surface area contributed by atoms with E-state index in [0.29, 0.717) is 47.2 Å². The molecule has 3 aromatic rings. The maximum Gasteiger partial charge on any atom is 0.169 e. The predicted molar refractivity (Wildman–Crippen MR) is 133 cm³/mol. The van der Waals surface area contributed by atoms with Crippen LogP contribution in [0.4, 0.5) is 0 Å². The van der Waals surface area contributed by atoms with Crippen LogP contribution in [0.5, 0.6) is 23.0 Å². The van der Waals surface area contributed by atoms with Crippen molar-refractivity contribution in [2.24, 2.45) is 0 Å². The second kappa shape index (κ2) is 11.7. The average molecular weight is 457 g/mol. The van der Waals surface area contributed by atoms with Crippen LogP contribution in [0.15, 0.2) is 54.6 Å². The normalized spacial score (nSPS) is 11.1. The van der Waals surface area contributed by atoms with Crippen molar-refractivity contribution in [1.29, 1.82) is 0 Å². The lowest BCUT2D eigenvalue weighted by atomic mass is 9.89. The molecule has 0 fully saturated rings. The minimum Gasteiger partial charge on any atom is -0.493 e. The van der Waals surface area contributed by atoms with Crippen LogP contribution < -0.4 is 18.9 Å². The monoisotopic (exact) mass is 456 g/mol. The first-order valence-electron chi connectivity index (χ1n) is 10.7. The molecule has 3 rings (SSSR count). The van der Waals surface area contributed by atoms with Gasteiger partial charge in [-0.2, -0.15) is 0 Å². The molecule has 0 unspecified atom stereocenters. The maximum absolute atomic E-state index is 6.18. The Kier molecular flexibility index (Phi) is 8.46. The summed E-state index contributed by atoms with van der Waals surface area (Å²) in [6.45, 7) is 0.343. The van der Waals surface area contributed by atoms with Crippen LogP contribution in [0.3, 0.4) is 0 Å². The third kappa shape index (κ3) is 4.96. The molecule has 0 saturated heterocycles. The molecule has 0 aliphatic carbocycles. The van der Waals surface area contributed by atoms with Gasteiger partial charge < -0.3 is 23.7 Å². The van der Waals surface area contributed by atoms with Gasteiger partial charge in [0.25, 0.3) is 0 Å². The van der Waals surface area contributed by atoms with Gasteiger partial charge >= 0.3 is 0 Å².